The van der Waals surface area contributed by atoms with E-state index in [1.54, 1.807) is 0 Å². The van der Waals surface area contributed by atoms with Crippen LogP contribution in [0.15, 0.2) is 18.2 Å². The molecule has 0 atom stereocenters. The van der Waals surface area contributed by atoms with Crippen LogP contribution in [-0.4, -0.2) is 34.1 Å². The second-order valence-corrected chi connectivity index (χ2v) is 5.72. The molecule has 0 fully saturated rings. The lowest BCUT2D eigenvalue weighted by Gasteiger charge is -2.21. The van der Waals surface area contributed by atoms with Crippen LogP contribution in [0.3, 0.4) is 0 Å². The van der Waals surface area contributed by atoms with Crippen molar-refractivity contribution in [1.82, 2.24) is 14.5 Å². The highest BCUT2D eigenvalue weighted by Gasteiger charge is 2.11. The molecule has 5 heteroatoms. The van der Waals surface area contributed by atoms with Crippen molar-refractivity contribution >= 4 is 34.2 Å². The number of likely N-dealkylation sites (N-methyl/N-ethyl adjacent to an activating group) is 1. The molecule has 0 aliphatic carbocycles. The summed E-state index contributed by atoms with van der Waals surface area (Å²) in [6.07, 6.45) is 0. The zero-order valence-electron chi connectivity index (χ0n) is 11.5. The van der Waals surface area contributed by atoms with Gasteiger partial charge >= 0.3 is 0 Å². The Morgan fingerprint density at radius 2 is 2.11 bits per heavy atom. The van der Waals surface area contributed by atoms with Crippen LogP contribution in [0.1, 0.15) is 19.7 Å². The van der Waals surface area contributed by atoms with Crippen molar-refractivity contribution in [3.05, 3.63) is 29.0 Å². The fraction of sp³-hybridized carbons (Fsp3) is 0.500. The Bertz CT molecular complexity index is 563. The number of fused-ring (bicyclic) bond motifs is 1. The lowest BCUT2D eigenvalue weighted by Crippen LogP contribution is -2.30. The summed E-state index contributed by atoms with van der Waals surface area (Å²) in [5.74, 6) is 1.31. The predicted molar refractivity (Wildman–Crippen MR) is 82.1 cm³/mol. The fourth-order valence-electron chi connectivity index (χ4n) is 2.02. The predicted octanol–water partition coefficient (Wildman–Crippen LogP) is 3.77. The van der Waals surface area contributed by atoms with E-state index >= 15 is 0 Å². The Balaban J connectivity index is 2.30. The molecule has 1 heterocycles. The van der Waals surface area contributed by atoms with Gasteiger partial charge in [0.1, 0.15) is 5.82 Å². The summed E-state index contributed by atoms with van der Waals surface area (Å²) < 4.78 is 2.18. The van der Waals surface area contributed by atoms with Gasteiger partial charge in [0.2, 0.25) is 0 Å². The molecule has 104 valence electrons. The lowest BCUT2D eigenvalue weighted by molar-refractivity contribution is 0.263. The van der Waals surface area contributed by atoms with Crippen LogP contribution in [0.2, 0.25) is 5.02 Å². The SMILES string of the molecule is CC(C)N(C)CCn1c(CCl)nc2cc(Cl)ccc21. The van der Waals surface area contributed by atoms with Gasteiger partial charge in [-0.25, -0.2) is 4.98 Å². The van der Waals surface area contributed by atoms with Crippen LogP contribution < -0.4 is 0 Å². The zero-order valence-corrected chi connectivity index (χ0v) is 13.0. The quantitative estimate of drug-likeness (QED) is 0.784. The Morgan fingerprint density at radius 3 is 2.74 bits per heavy atom. The number of halogens is 2. The molecule has 0 aliphatic rings. The van der Waals surface area contributed by atoms with Crippen molar-refractivity contribution in [3.63, 3.8) is 0 Å². The maximum absolute atomic E-state index is 6.00. The molecule has 0 saturated carbocycles. The Kier molecular flexibility index (Phi) is 4.71. The van der Waals surface area contributed by atoms with E-state index in [0.717, 1.165) is 29.9 Å². The number of benzene rings is 1. The van der Waals surface area contributed by atoms with E-state index in [0.29, 0.717) is 16.9 Å². The molecule has 0 N–H and O–H groups in total. The van der Waals surface area contributed by atoms with Gasteiger partial charge in [0, 0.05) is 24.2 Å². The van der Waals surface area contributed by atoms with Crippen LogP contribution in [0, 0.1) is 0 Å². The average molecular weight is 300 g/mol. The van der Waals surface area contributed by atoms with Crippen LogP contribution in [-0.2, 0) is 12.4 Å². The summed E-state index contributed by atoms with van der Waals surface area (Å²) in [5, 5.41) is 0.706. The number of rotatable bonds is 5. The van der Waals surface area contributed by atoms with Crippen LogP contribution in [0.25, 0.3) is 11.0 Å². The van der Waals surface area contributed by atoms with E-state index in [-0.39, 0.29) is 0 Å². The smallest absolute Gasteiger partial charge is 0.124 e. The van der Waals surface area contributed by atoms with Gasteiger partial charge in [-0.3, -0.25) is 0 Å². The van der Waals surface area contributed by atoms with E-state index in [1.165, 1.54) is 0 Å². The third kappa shape index (κ3) is 3.22. The molecule has 19 heavy (non-hydrogen) atoms. The summed E-state index contributed by atoms with van der Waals surface area (Å²) in [6.45, 7) is 6.23. The minimum Gasteiger partial charge on any atom is -0.326 e. The number of hydrogen-bond acceptors (Lipinski definition) is 2. The van der Waals surface area contributed by atoms with Crippen LogP contribution in [0.5, 0.6) is 0 Å². The summed E-state index contributed by atoms with van der Waals surface area (Å²) in [5.41, 5.74) is 2.01. The number of alkyl halides is 1. The van der Waals surface area contributed by atoms with Crippen molar-refractivity contribution in [1.29, 1.82) is 0 Å². The fourth-order valence-corrected chi connectivity index (χ4v) is 2.39. The largest absolute Gasteiger partial charge is 0.326 e. The highest BCUT2D eigenvalue weighted by molar-refractivity contribution is 6.31. The first kappa shape index (κ1) is 14.6. The average Bonchev–Trinajstić information content (AvgIpc) is 2.72. The van der Waals surface area contributed by atoms with E-state index in [4.69, 9.17) is 23.2 Å². The zero-order chi connectivity index (χ0) is 14.0. The molecule has 3 nitrogen and oxygen atoms in total. The van der Waals surface area contributed by atoms with Gasteiger partial charge in [-0.05, 0) is 39.1 Å². The normalized spacial score (nSPS) is 11.9. The summed E-state index contributed by atoms with van der Waals surface area (Å²) in [7, 11) is 2.13. The summed E-state index contributed by atoms with van der Waals surface area (Å²) in [4.78, 5) is 6.85. The molecule has 0 radical (unpaired) electrons. The molecule has 0 unspecified atom stereocenters. The van der Waals surface area contributed by atoms with Gasteiger partial charge in [-0.15, -0.1) is 11.6 Å². The molecule has 1 aromatic carbocycles. The van der Waals surface area contributed by atoms with Gasteiger partial charge in [0.15, 0.2) is 0 Å². The topological polar surface area (TPSA) is 21.1 Å². The van der Waals surface area contributed by atoms with Gasteiger partial charge in [-0.2, -0.15) is 0 Å². The standard InChI is InChI=1S/C14H19Cl2N3/c1-10(2)18(3)6-7-19-13-5-4-11(16)8-12(13)17-14(19)9-15/h4-5,8,10H,6-7,9H2,1-3H3. The van der Waals surface area contributed by atoms with Crippen molar-refractivity contribution in [2.75, 3.05) is 13.6 Å². The Labute approximate surface area is 124 Å². The third-order valence-corrected chi connectivity index (χ3v) is 3.94. The molecule has 0 bridgehead atoms. The molecular weight excluding hydrogens is 281 g/mol. The molecule has 2 rings (SSSR count). The Hall–Kier alpha value is -0.770. The molecule has 0 aliphatic heterocycles. The number of nitrogens with zero attached hydrogens (tertiary/aromatic N) is 3. The van der Waals surface area contributed by atoms with E-state index in [1.807, 2.05) is 18.2 Å². The van der Waals surface area contributed by atoms with Gasteiger partial charge < -0.3 is 9.47 Å². The third-order valence-electron chi connectivity index (χ3n) is 3.47. The molecule has 0 saturated heterocycles. The van der Waals surface area contributed by atoms with Gasteiger partial charge in [0.25, 0.3) is 0 Å². The maximum atomic E-state index is 6.00. The maximum Gasteiger partial charge on any atom is 0.124 e. The second-order valence-electron chi connectivity index (χ2n) is 5.02. The summed E-state index contributed by atoms with van der Waals surface area (Å²) >= 11 is 12.0. The first-order valence-electron chi connectivity index (χ1n) is 6.43. The minimum atomic E-state index is 0.414. The molecule has 2 aromatic rings. The van der Waals surface area contributed by atoms with E-state index in [2.05, 4.69) is 35.3 Å². The van der Waals surface area contributed by atoms with E-state index in [9.17, 15) is 0 Å². The second kappa shape index (κ2) is 6.12. The highest BCUT2D eigenvalue weighted by Crippen LogP contribution is 2.21. The monoisotopic (exact) mass is 299 g/mol. The van der Waals surface area contributed by atoms with Crippen molar-refractivity contribution in [2.24, 2.45) is 0 Å². The van der Waals surface area contributed by atoms with Crippen LogP contribution >= 0.6 is 23.2 Å². The molecular formula is C14H19Cl2N3. The minimum absolute atomic E-state index is 0.414. The lowest BCUT2D eigenvalue weighted by atomic mass is 10.3. The van der Waals surface area contributed by atoms with E-state index < -0.39 is 0 Å². The Morgan fingerprint density at radius 1 is 1.37 bits per heavy atom. The van der Waals surface area contributed by atoms with Gasteiger partial charge in [-0.1, -0.05) is 11.6 Å². The number of hydrogen-bond donors (Lipinski definition) is 0. The van der Waals surface area contributed by atoms with Crippen LogP contribution in [0.4, 0.5) is 0 Å². The first-order chi connectivity index (χ1) is 9.02. The van der Waals surface area contributed by atoms with Crippen molar-refractivity contribution < 1.29 is 0 Å². The highest BCUT2D eigenvalue weighted by atomic mass is 35.5. The molecule has 0 spiro atoms. The van der Waals surface area contributed by atoms with Crippen molar-refractivity contribution in [2.45, 2.75) is 32.3 Å². The van der Waals surface area contributed by atoms with Gasteiger partial charge in [0.05, 0.1) is 16.9 Å². The molecule has 0 amide bonds. The molecule has 1 aromatic heterocycles. The number of aromatic nitrogens is 2. The summed E-state index contributed by atoms with van der Waals surface area (Å²) in [6, 6.07) is 6.32. The van der Waals surface area contributed by atoms with Crippen molar-refractivity contribution in [3.8, 4) is 0 Å². The number of imidazole rings is 1. The first-order valence-corrected chi connectivity index (χ1v) is 7.35.